The lowest BCUT2D eigenvalue weighted by Crippen LogP contribution is -2.08. The van der Waals surface area contributed by atoms with Crippen LogP contribution in [-0.2, 0) is 0 Å². The third-order valence-corrected chi connectivity index (χ3v) is 4.35. The Kier molecular flexibility index (Phi) is 2.72. The summed E-state index contributed by atoms with van der Waals surface area (Å²) >= 11 is 5.31. The van der Waals surface area contributed by atoms with Crippen LogP contribution < -0.4 is 5.73 Å². The Morgan fingerprint density at radius 2 is 2.38 bits per heavy atom. The molecule has 13 heavy (non-hydrogen) atoms. The summed E-state index contributed by atoms with van der Waals surface area (Å²) in [7, 11) is 0. The molecule has 2 nitrogen and oxygen atoms in total. The normalized spacial score (nSPS) is 19.0. The van der Waals surface area contributed by atoms with Gasteiger partial charge in [-0.25, -0.2) is 4.98 Å². The van der Waals surface area contributed by atoms with Crippen LogP contribution in [-0.4, -0.2) is 11.5 Å². The lowest BCUT2D eigenvalue weighted by atomic mass is 10.2. The molecular formula is C9H13BrN2S. The summed E-state index contributed by atoms with van der Waals surface area (Å²) in [6.07, 6.45) is 2.61. The third-order valence-electron chi connectivity index (χ3n) is 2.37. The molecule has 1 aromatic heterocycles. The molecule has 2 rings (SSSR count). The van der Waals surface area contributed by atoms with Crippen molar-refractivity contribution in [3.63, 3.8) is 0 Å². The predicted octanol–water partition coefficient (Wildman–Crippen LogP) is 2.85. The van der Waals surface area contributed by atoms with Crippen molar-refractivity contribution in [1.82, 2.24) is 4.98 Å². The molecule has 1 aromatic rings. The molecule has 0 bridgehead atoms. The molecule has 1 unspecified atom stereocenters. The van der Waals surface area contributed by atoms with Gasteiger partial charge in [-0.05, 0) is 28.8 Å². The lowest BCUT2D eigenvalue weighted by molar-refractivity contribution is 0.759. The molecule has 1 aliphatic rings. The molecule has 0 amide bonds. The topological polar surface area (TPSA) is 38.9 Å². The van der Waals surface area contributed by atoms with E-state index in [0.29, 0.717) is 12.5 Å². The summed E-state index contributed by atoms with van der Waals surface area (Å²) in [6.45, 7) is 2.81. The molecule has 0 aliphatic heterocycles. The monoisotopic (exact) mass is 260 g/mol. The summed E-state index contributed by atoms with van der Waals surface area (Å²) in [5.41, 5.74) is 6.87. The molecule has 1 atom stereocenters. The number of hydrogen-bond acceptors (Lipinski definition) is 3. The smallest absolute Gasteiger partial charge is 0.0981 e. The largest absolute Gasteiger partial charge is 0.330 e. The predicted molar refractivity (Wildman–Crippen MR) is 59.3 cm³/mol. The fourth-order valence-electron chi connectivity index (χ4n) is 1.25. The first-order valence-electron chi connectivity index (χ1n) is 4.58. The van der Waals surface area contributed by atoms with Gasteiger partial charge in [0.2, 0.25) is 0 Å². The van der Waals surface area contributed by atoms with Crippen molar-refractivity contribution in [2.45, 2.75) is 31.6 Å². The highest BCUT2D eigenvalue weighted by molar-refractivity contribution is 9.11. The molecule has 1 saturated carbocycles. The Labute approximate surface area is 90.7 Å². The molecule has 4 heteroatoms. The van der Waals surface area contributed by atoms with Crippen LogP contribution in [0.4, 0.5) is 0 Å². The maximum Gasteiger partial charge on any atom is 0.0981 e. The molecule has 72 valence electrons. The summed E-state index contributed by atoms with van der Waals surface area (Å²) in [4.78, 5) is 4.63. The molecule has 0 saturated heterocycles. The summed E-state index contributed by atoms with van der Waals surface area (Å²) in [5, 5.41) is 1.18. The zero-order chi connectivity index (χ0) is 9.42. The Morgan fingerprint density at radius 1 is 1.69 bits per heavy atom. The molecule has 1 fully saturated rings. The quantitative estimate of drug-likeness (QED) is 0.908. The van der Waals surface area contributed by atoms with Crippen molar-refractivity contribution >= 4 is 27.3 Å². The van der Waals surface area contributed by atoms with Gasteiger partial charge in [0.05, 0.1) is 14.5 Å². The number of nitrogens with two attached hydrogens (primary N) is 1. The van der Waals surface area contributed by atoms with Crippen molar-refractivity contribution in [1.29, 1.82) is 0 Å². The lowest BCUT2D eigenvalue weighted by Gasteiger charge is -2.01. The Balaban J connectivity index is 2.23. The van der Waals surface area contributed by atoms with E-state index < -0.39 is 0 Å². The van der Waals surface area contributed by atoms with Crippen LogP contribution in [0, 0.1) is 0 Å². The highest BCUT2D eigenvalue weighted by atomic mass is 79.9. The Hall–Kier alpha value is 0.0700. The highest BCUT2D eigenvalue weighted by Gasteiger charge is 2.29. The fraction of sp³-hybridized carbons (Fsp3) is 0.667. The molecule has 0 radical (unpaired) electrons. The SMILES string of the molecule is CC(CN)c1nc(C2CC2)c(Br)s1. The van der Waals surface area contributed by atoms with Crippen LogP contribution in [0.2, 0.25) is 0 Å². The molecule has 2 N–H and O–H groups in total. The first kappa shape index (κ1) is 9.62. The first-order valence-corrected chi connectivity index (χ1v) is 6.19. The molecule has 0 aromatic carbocycles. The fourth-order valence-corrected chi connectivity index (χ4v) is 3.10. The molecule has 0 spiro atoms. The van der Waals surface area contributed by atoms with Crippen LogP contribution in [0.25, 0.3) is 0 Å². The van der Waals surface area contributed by atoms with Gasteiger partial charge >= 0.3 is 0 Å². The number of thiazole rings is 1. The second kappa shape index (κ2) is 3.67. The van der Waals surface area contributed by atoms with E-state index >= 15 is 0 Å². The van der Waals surface area contributed by atoms with Crippen LogP contribution in [0.5, 0.6) is 0 Å². The van der Waals surface area contributed by atoms with Gasteiger partial charge in [0.15, 0.2) is 0 Å². The zero-order valence-electron chi connectivity index (χ0n) is 7.59. The average Bonchev–Trinajstić information content (AvgIpc) is 2.89. The number of halogens is 1. The van der Waals surface area contributed by atoms with E-state index in [1.54, 1.807) is 11.3 Å². The minimum Gasteiger partial charge on any atom is -0.330 e. The van der Waals surface area contributed by atoms with Crippen molar-refractivity contribution < 1.29 is 0 Å². The summed E-state index contributed by atoms with van der Waals surface area (Å²) in [5.74, 6) is 1.12. The summed E-state index contributed by atoms with van der Waals surface area (Å²) < 4.78 is 1.21. The minimum atomic E-state index is 0.397. The van der Waals surface area contributed by atoms with Crippen molar-refractivity contribution in [3.8, 4) is 0 Å². The molecule has 1 heterocycles. The number of aromatic nitrogens is 1. The van der Waals surface area contributed by atoms with Gasteiger partial charge in [-0.1, -0.05) is 6.92 Å². The van der Waals surface area contributed by atoms with Gasteiger partial charge in [-0.2, -0.15) is 0 Å². The maximum atomic E-state index is 5.61. The van der Waals surface area contributed by atoms with E-state index in [4.69, 9.17) is 5.73 Å². The number of hydrogen-bond donors (Lipinski definition) is 1. The van der Waals surface area contributed by atoms with E-state index in [1.165, 1.54) is 27.3 Å². The van der Waals surface area contributed by atoms with Gasteiger partial charge in [-0.15, -0.1) is 11.3 Å². The standard InChI is InChI=1S/C9H13BrN2S/c1-5(4-11)9-12-7(6-2-3-6)8(10)13-9/h5-6H,2-4,11H2,1H3. The van der Waals surface area contributed by atoms with E-state index in [-0.39, 0.29) is 0 Å². The van der Waals surface area contributed by atoms with Gasteiger partial charge in [0.1, 0.15) is 0 Å². The third kappa shape index (κ3) is 1.95. The van der Waals surface area contributed by atoms with Crippen LogP contribution in [0.3, 0.4) is 0 Å². The Bertz CT molecular complexity index is 307. The van der Waals surface area contributed by atoms with Crippen LogP contribution in [0.1, 0.15) is 42.3 Å². The van der Waals surface area contributed by atoms with Crippen molar-refractivity contribution in [3.05, 3.63) is 14.5 Å². The van der Waals surface area contributed by atoms with E-state index in [9.17, 15) is 0 Å². The maximum absolute atomic E-state index is 5.61. The first-order chi connectivity index (χ1) is 6.22. The van der Waals surface area contributed by atoms with Crippen molar-refractivity contribution in [2.24, 2.45) is 5.73 Å². The van der Waals surface area contributed by atoms with Gasteiger partial charge in [0.25, 0.3) is 0 Å². The van der Waals surface area contributed by atoms with Crippen molar-refractivity contribution in [2.75, 3.05) is 6.54 Å². The van der Waals surface area contributed by atoms with E-state index in [1.807, 2.05) is 0 Å². The molecular weight excluding hydrogens is 248 g/mol. The second-order valence-corrected chi connectivity index (χ2v) is 5.97. The van der Waals surface area contributed by atoms with Crippen LogP contribution in [0.15, 0.2) is 3.79 Å². The average molecular weight is 261 g/mol. The van der Waals surface area contributed by atoms with Crippen LogP contribution >= 0.6 is 27.3 Å². The number of rotatable bonds is 3. The van der Waals surface area contributed by atoms with Gasteiger partial charge < -0.3 is 5.73 Å². The van der Waals surface area contributed by atoms with Gasteiger partial charge in [0, 0.05) is 18.4 Å². The molecule has 1 aliphatic carbocycles. The zero-order valence-corrected chi connectivity index (χ0v) is 9.99. The number of nitrogens with zero attached hydrogens (tertiary/aromatic N) is 1. The van der Waals surface area contributed by atoms with E-state index in [0.717, 1.165) is 5.92 Å². The minimum absolute atomic E-state index is 0.397. The van der Waals surface area contributed by atoms with E-state index in [2.05, 4.69) is 27.8 Å². The summed E-state index contributed by atoms with van der Waals surface area (Å²) in [6, 6.07) is 0. The van der Waals surface area contributed by atoms with Gasteiger partial charge in [-0.3, -0.25) is 0 Å². The Morgan fingerprint density at radius 3 is 2.92 bits per heavy atom. The second-order valence-electron chi connectivity index (χ2n) is 3.62. The highest BCUT2D eigenvalue weighted by Crippen LogP contribution is 2.45.